The highest BCUT2D eigenvalue weighted by molar-refractivity contribution is 5.78. The van der Waals surface area contributed by atoms with E-state index in [1.165, 1.54) is 0 Å². The summed E-state index contributed by atoms with van der Waals surface area (Å²) < 4.78 is 12.7. The minimum absolute atomic E-state index is 0.114. The highest BCUT2D eigenvalue weighted by Gasteiger charge is 2.31. The summed E-state index contributed by atoms with van der Waals surface area (Å²) in [4.78, 5) is 26.9. The van der Waals surface area contributed by atoms with Crippen molar-refractivity contribution in [1.29, 1.82) is 0 Å². The van der Waals surface area contributed by atoms with Gasteiger partial charge in [0.25, 0.3) is 0 Å². The lowest BCUT2D eigenvalue weighted by molar-refractivity contribution is -0.132. The van der Waals surface area contributed by atoms with E-state index in [2.05, 4.69) is 56.6 Å². The molecule has 0 N–H and O–H groups in total. The Labute approximate surface area is 219 Å². The highest BCUT2D eigenvalue weighted by atomic mass is 16.5. The summed E-state index contributed by atoms with van der Waals surface area (Å²) >= 11 is 0. The minimum atomic E-state index is -0.234. The quantitative estimate of drug-likeness (QED) is 0.480. The summed E-state index contributed by atoms with van der Waals surface area (Å²) in [7, 11) is 0. The maximum atomic E-state index is 13.3. The van der Waals surface area contributed by atoms with E-state index in [1.54, 1.807) is 0 Å². The Balaban J connectivity index is 1.56. The maximum Gasteiger partial charge on any atom is 0.325 e. The van der Waals surface area contributed by atoms with Gasteiger partial charge in [-0.2, -0.15) is 9.97 Å². The van der Waals surface area contributed by atoms with Gasteiger partial charge in [0.05, 0.1) is 18.8 Å². The van der Waals surface area contributed by atoms with Crippen molar-refractivity contribution in [3.05, 3.63) is 65.2 Å². The third-order valence-corrected chi connectivity index (χ3v) is 6.96. The van der Waals surface area contributed by atoms with Crippen LogP contribution in [-0.4, -0.2) is 58.0 Å². The number of hydrogen-bond donors (Lipinski definition) is 0. The van der Waals surface area contributed by atoms with Crippen LogP contribution in [-0.2, 0) is 11.3 Å². The smallest absolute Gasteiger partial charge is 0.325 e. The molecular formula is C30H36N4O3. The van der Waals surface area contributed by atoms with E-state index < -0.39 is 0 Å². The highest BCUT2D eigenvalue weighted by Crippen LogP contribution is 2.32. The van der Waals surface area contributed by atoms with E-state index >= 15 is 0 Å². The Morgan fingerprint density at radius 3 is 2.49 bits per heavy atom. The molecule has 1 fully saturated rings. The van der Waals surface area contributed by atoms with Gasteiger partial charge in [-0.05, 0) is 61.1 Å². The molecule has 6 bridgehead atoms. The normalized spacial score (nSPS) is 18.2. The van der Waals surface area contributed by atoms with Gasteiger partial charge >= 0.3 is 6.01 Å². The fraction of sp³-hybridized carbons (Fsp3) is 0.433. The van der Waals surface area contributed by atoms with Crippen molar-refractivity contribution in [2.75, 3.05) is 26.2 Å². The second kappa shape index (κ2) is 10.1. The van der Waals surface area contributed by atoms with Crippen LogP contribution in [0.25, 0.3) is 11.3 Å². The summed E-state index contributed by atoms with van der Waals surface area (Å²) in [5, 5.41) is 0. The van der Waals surface area contributed by atoms with Crippen LogP contribution in [0.3, 0.4) is 0 Å². The summed E-state index contributed by atoms with van der Waals surface area (Å²) in [5.41, 5.74) is 5.24. The zero-order valence-corrected chi connectivity index (χ0v) is 22.5. The second-order valence-electron chi connectivity index (χ2n) is 11.5. The van der Waals surface area contributed by atoms with Gasteiger partial charge in [-0.1, -0.05) is 51.1 Å². The van der Waals surface area contributed by atoms with E-state index in [0.717, 1.165) is 40.9 Å². The van der Waals surface area contributed by atoms with Gasteiger partial charge in [0.2, 0.25) is 11.8 Å². The van der Waals surface area contributed by atoms with Crippen molar-refractivity contribution in [3.63, 3.8) is 0 Å². The molecule has 5 rings (SSSR count). The van der Waals surface area contributed by atoms with E-state index in [1.807, 2.05) is 41.3 Å². The first-order valence-corrected chi connectivity index (χ1v) is 13.0. The standard InChI is InChI=1S/C30H36N4O3/c1-20-8-6-9-21(2)28(20)25-15-26-32-29(31-25)37-23-11-7-10-22(14-23)16-34-18-24(36-26)17-33(19-27(34)35)13-12-30(3,4)5/h6-11,14-15,24H,12-13,16-19H2,1-5H3. The lowest BCUT2D eigenvalue weighted by Crippen LogP contribution is -2.39. The molecule has 1 aromatic heterocycles. The maximum absolute atomic E-state index is 13.3. The van der Waals surface area contributed by atoms with Crippen molar-refractivity contribution in [2.45, 2.75) is 53.7 Å². The first-order chi connectivity index (χ1) is 17.6. The van der Waals surface area contributed by atoms with Crippen LogP contribution in [0, 0.1) is 19.3 Å². The number of ether oxygens (including phenoxy) is 2. The fourth-order valence-electron chi connectivity index (χ4n) is 5.00. The Morgan fingerprint density at radius 2 is 1.73 bits per heavy atom. The van der Waals surface area contributed by atoms with Crippen LogP contribution in [0.5, 0.6) is 17.6 Å². The second-order valence-corrected chi connectivity index (χ2v) is 11.5. The SMILES string of the molecule is Cc1cccc(C)c1-c1cc2nc(n1)Oc1cccc(c1)CN1CC(CN(CCC(C)(C)C)CC1=O)O2. The Bertz CT molecular complexity index is 1280. The molecule has 2 aliphatic heterocycles. The third kappa shape index (κ3) is 6.10. The number of hydrogen-bond acceptors (Lipinski definition) is 6. The molecule has 0 aliphatic carbocycles. The van der Waals surface area contributed by atoms with Gasteiger partial charge in [0.15, 0.2) is 0 Å². The molecule has 1 amide bonds. The number of benzene rings is 2. The summed E-state index contributed by atoms with van der Waals surface area (Å²) in [6, 6.07) is 16.1. The molecule has 0 radical (unpaired) electrons. The Kier molecular flexibility index (Phi) is 6.90. The molecule has 0 spiro atoms. The van der Waals surface area contributed by atoms with Crippen molar-refractivity contribution in [3.8, 4) is 28.9 Å². The molecule has 0 saturated carbocycles. The zero-order valence-electron chi connectivity index (χ0n) is 22.5. The number of aromatic nitrogens is 2. The molecule has 7 nitrogen and oxygen atoms in total. The topological polar surface area (TPSA) is 67.8 Å². The van der Waals surface area contributed by atoms with Crippen molar-refractivity contribution in [2.24, 2.45) is 5.41 Å². The van der Waals surface area contributed by atoms with Crippen molar-refractivity contribution < 1.29 is 14.3 Å². The lowest BCUT2D eigenvalue weighted by atomic mass is 9.92. The van der Waals surface area contributed by atoms with Gasteiger partial charge in [0, 0.05) is 24.7 Å². The van der Waals surface area contributed by atoms with Crippen molar-refractivity contribution in [1.82, 2.24) is 19.8 Å². The van der Waals surface area contributed by atoms with Crippen LogP contribution in [0.15, 0.2) is 48.5 Å². The number of amides is 1. The Hall–Kier alpha value is -3.45. The number of rotatable bonds is 3. The van der Waals surface area contributed by atoms with Crippen molar-refractivity contribution >= 4 is 5.91 Å². The molecule has 1 atom stereocenters. The molecular weight excluding hydrogens is 464 g/mol. The van der Waals surface area contributed by atoms with Gasteiger partial charge in [0.1, 0.15) is 11.9 Å². The average Bonchev–Trinajstić information content (AvgIpc) is 2.95. The van der Waals surface area contributed by atoms with Crippen LogP contribution in [0.2, 0.25) is 0 Å². The average molecular weight is 501 g/mol. The van der Waals surface area contributed by atoms with E-state index in [4.69, 9.17) is 14.5 Å². The summed E-state index contributed by atoms with van der Waals surface area (Å²) in [5.74, 6) is 1.20. The van der Waals surface area contributed by atoms with Gasteiger partial charge in [-0.25, -0.2) is 0 Å². The molecule has 3 heterocycles. The van der Waals surface area contributed by atoms with E-state index in [0.29, 0.717) is 37.8 Å². The fourth-order valence-corrected chi connectivity index (χ4v) is 5.00. The summed E-state index contributed by atoms with van der Waals surface area (Å²) in [6.07, 6.45) is 0.764. The van der Waals surface area contributed by atoms with Gasteiger partial charge in [-0.15, -0.1) is 0 Å². The van der Waals surface area contributed by atoms with Crippen LogP contribution in [0.1, 0.15) is 43.9 Å². The van der Waals surface area contributed by atoms with Gasteiger partial charge in [-0.3, -0.25) is 9.69 Å². The number of carbonyl (C=O) groups excluding carboxylic acids is 1. The zero-order chi connectivity index (χ0) is 26.2. The number of fused-ring (bicyclic) bond motifs is 6. The van der Waals surface area contributed by atoms with E-state index in [9.17, 15) is 4.79 Å². The largest absolute Gasteiger partial charge is 0.471 e. The van der Waals surface area contributed by atoms with Gasteiger partial charge < -0.3 is 14.4 Å². The predicted octanol–water partition coefficient (Wildman–Crippen LogP) is 5.39. The molecule has 1 saturated heterocycles. The molecule has 1 unspecified atom stereocenters. The first-order valence-electron chi connectivity index (χ1n) is 13.0. The third-order valence-electron chi connectivity index (χ3n) is 6.96. The number of aryl methyl sites for hydroxylation is 2. The molecule has 2 aliphatic rings. The molecule has 7 heteroatoms. The molecule has 2 aromatic carbocycles. The minimum Gasteiger partial charge on any atom is -0.471 e. The Morgan fingerprint density at radius 1 is 0.973 bits per heavy atom. The van der Waals surface area contributed by atoms with Crippen LogP contribution >= 0.6 is 0 Å². The monoisotopic (exact) mass is 500 g/mol. The molecule has 3 aromatic rings. The number of carbonyl (C=O) groups is 1. The molecule has 37 heavy (non-hydrogen) atoms. The van der Waals surface area contributed by atoms with E-state index in [-0.39, 0.29) is 23.4 Å². The van der Waals surface area contributed by atoms with Crippen LogP contribution < -0.4 is 9.47 Å². The lowest BCUT2D eigenvalue weighted by Gasteiger charge is -2.27. The molecule has 194 valence electrons. The number of nitrogens with zero attached hydrogens (tertiary/aromatic N) is 4. The van der Waals surface area contributed by atoms with Crippen LogP contribution in [0.4, 0.5) is 0 Å². The first kappa shape index (κ1) is 25.2. The summed E-state index contributed by atoms with van der Waals surface area (Å²) in [6.45, 7) is 13.7. The predicted molar refractivity (Wildman–Crippen MR) is 144 cm³/mol.